The Bertz CT molecular complexity index is 338. The van der Waals surface area contributed by atoms with Crippen LogP contribution in [0.4, 0.5) is 0 Å². The summed E-state index contributed by atoms with van der Waals surface area (Å²) in [7, 11) is 1.76. The Labute approximate surface area is 113 Å². The monoisotopic (exact) mass is 275 g/mol. The van der Waals surface area contributed by atoms with E-state index < -0.39 is 0 Å². The molecule has 1 rings (SSSR count). The molecule has 1 N–H and O–H groups in total. The molecule has 0 fully saturated rings. The van der Waals surface area contributed by atoms with E-state index in [0.29, 0.717) is 6.04 Å². The van der Waals surface area contributed by atoms with Crippen molar-refractivity contribution in [1.29, 1.82) is 0 Å². The molecule has 1 aromatic heterocycles. The molecule has 0 spiro atoms. The van der Waals surface area contributed by atoms with Crippen LogP contribution in [0, 0.1) is 0 Å². The van der Waals surface area contributed by atoms with Gasteiger partial charge >= 0.3 is 0 Å². The molecule has 4 heteroatoms. The predicted molar refractivity (Wildman–Crippen MR) is 76.1 cm³/mol. The highest BCUT2D eigenvalue weighted by Crippen LogP contribution is 2.33. The summed E-state index contributed by atoms with van der Waals surface area (Å²) in [6.07, 6.45) is 2.05. The average Bonchev–Trinajstić information content (AvgIpc) is 2.71. The first-order valence-electron chi connectivity index (χ1n) is 6.01. The van der Waals surface area contributed by atoms with Crippen molar-refractivity contribution >= 4 is 22.9 Å². The first kappa shape index (κ1) is 15.0. The maximum atomic E-state index is 6.19. The van der Waals surface area contributed by atoms with Gasteiger partial charge in [-0.2, -0.15) is 0 Å². The van der Waals surface area contributed by atoms with Gasteiger partial charge in [0, 0.05) is 18.0 Å². The van der Waals surface area contributed by atoms with Crippen molar-refractivity contribution in [2.75, 3.05) is 13.7 Å². The van der Waals surface area contributed by atoms with Gasteiger partial charge in [0.25, 0.3) is 0 Å². The Morgan fingerprint density at radius 2 is 2.24 bits per heavy atom. The molecule has 1 unspecified atom stereocenters. The number of halogens is 1. The molecule has 0 aromatic carbocycles. The summed E-state index contributed by atoms with van der Waals surface area (Å²) in [5.41, 5.74) is -0.0720. The Balaban J connectivity index is 2.65. The first-order chi connectivity index (χ1) is 8.00. The zero-order valence-electron chi connectivity index (χ0n) is 11.0. The molecule has 0 amide bonds. The summed E-state index contributed by atoms with van der Waals surface area (Å²) >= 11 is 7.91. The molecule has 0 aliphatic rings. The molecule has 0 saturated carbocycles. The lowest BCUT2D eigenvalue weighted by Crippen LogP contribution is -2.27. The molecular weight excluding hydrogens is 254 g/mol. The van der Waals surface area contributed by atoms with Crippen molar-refractivity contribution in [3.63, 3.8) is 0 Å². The van der Waals surface area contributed by atoms with E-state index in [1.807, 2.05) is 11.4 Å². The largest absolute Gasteiger partial charge is 0.379 e. The van der Waals surface area contributed by atoms with Crippen LogP contribution >= 0.6 is 22.9 Å². The molecule has 1 heterocycles. The number of ether oxygens (including phenoxy) is 1. The van der Waals surface area contributed by atoms with Crippen molar-refractivity contribution in [1.82, 2.24) is 5.32 Å². The van der Waals surface area contributed by atoms with Crippen molar-refractivity contribution in [2.45, 2.75) is 45.3 Å². The van der Waals surface area contributed by atoms with Gasteiger partial charge in [0.2, 0.25) is 0 Å². The standard InChI is InChI=1S/C13H22ClNOS/c1-5-15-11(6-8-13(2,3)16-4)12-10(14)7-9-17-12/h7,9,11,15H,5-6,8H2,1-4H3. The highest BCUT2D eigenvalue weighted by Gasteiger charge is 2.21. The molecule has 0 radical (unpaired) electrons. The quantitative estimate of drug-likeness (QED) is 0.803. The Morgan fingerprint density at radius 1 is 1.53 bits per heavy atom. The Hall–Kier alpha value is -0.0900. The molecule has 0 aliphatic carbocycles. The van der Waals surface area contributed by atoms with Gasteiger partial charge in [-0.25, -0.2) is 0 Å². The van der Waals surface area contributed by atoms with E-state index in [0.717, 1.165) is 24.4 Å². The number of rotatable bonds is 7. The van der Waals surface area contributed by atoms with Crippen molar-refractivity contribution < 1.29 is 4.74 Å². The summed E-state index contributed by atoms with van der Waals surface area (Å²) in [5.74, 6) is 0. The lowest BCUT2D eigenvalue weighted by molar-refractivity contribution is 0.0118. The van der Waals surface area contributed by atoms with Crippen LogP contribution in [0.1, 0.15) is 44.5 Å². The Kier molecular flexibility index (Phi) is 5.93. The lowest BCUT2D eigenvalue weighted by Gasteiger charge is -2.26. The van der Waals surface area contributed by atoms with Crippen LogP contribution in [0.15, 0.2) is 11.4 Å². The van der Waals surface area contributed by atoms with Gasteiger partial charge in [-0.3, -0.25) is 0 Å². The highest BCUT2D eigenvalue weighted by atomic mass is 35.5. The van der Waals surface area contributed by atoms with Gasteiger partial charge in [-0.15, -0.1) is 11.3 Å². The summed E-state index contributed by atoms with van der Waals surface area (Å²) in [5, 5.41) is 6.41. The van der Waals surface area contributed by atoms with Gasteiger partial charge in [-0.1, -0.05) is 18.5 Å². The van der Waals surface area contributed by atoms with E-state index in [1.165, 1.54) is 4.88 Å². The predicted octanol–water partition coefficient (Wildman–Crippen LogP) is 4.26. The molecule has 1 aromatic rings. The van der Waals surface area contributed by atoms with Crippen LogP contribution in [0.2, 0.25) is 5.02 Å². The summed E-state index contributed by atoms with van der Waals surface area (Å²) in [6, 6.07) is 2.30. The zero-order valence-corrected chi connectivity index (χ0v) is 12.6. The van der Waals surface area contributed by atoms with Crippen molar-refractivity contribution in [3.05, 3.63) is 21.3 Å². The van der Waals surface area contributed by atoms with Gasteiger partial charge in [0.05, 0.1) is 10.6 Å². The van der Waals surface area contributed by atoms with Crippen LogP contribution < -0.4 is 5.32 Å². The van der Waals surface area contributed by atoms with Crippen LogP contribution in [0.3, 0.4) is 0 Å². The van der Waals surface area contributed by atoms with E-state index in [-0.39, 0.29) is 5.60 Å². The topological polar surface area (TPSA) is 21.3 Å². The van der Waals surface area contributed by atoms with E-state index >= 15 is 0 Å². The van der Waals surface area contributed by atoms with E-state index in [4.69, 9.17) is 16.3 Å². The van der Waals surface area contributed by atoms with E-state index in [1.54, 1.807) is 18.4 Å². The minimum Gasteiger partial charge on any atom is -0.379 e. The van der Waals surface area contributed by atoms with Gasteiger partial charge in [-0.05, 0) is 44.7 Å². The fourth-order valence-corrected chi connectivity index (χ4v) is 3.02. The second kappa shape index (κ2) is 6.74. The fraction of sp³-hybridized carbons (Fsp3) is 0.692. The highest BCUT2D eigenvalue weighted by molar-refractivity contribution is 7.10. The minimum atomic E-state index is -0.0720. The molecule has 2 nitrogen and oxygen atoms in total. The summed E-state index contributed by atoms with van der Waals surface area (Å²) in [4.78, 5) is 1.24. The normalized spacial score (nSPS) is 13.9. The van der Waals surface area contributed by atoms with Gasteiger partial charge in [0.1, 0.15) is 0 Å². The number of hydrogen-bond acceptors (Lipinski definition) is 3. The number of nitrogens with one attached hydrogen (secondary N) is 1. The number of thiophene rings is 1. The summed E-state index contributed by atoms with van der Waals surface area (Å²) < 4.78 is 5.46. The Morgan fingerprint density at radius 3 is 2.71 bits per heavy atom. The maximum absolute atomic E-state index is 6.19. The lowest BCUT2D eigenvalue weighted by atomic mass is 9.98. The molecule has 0 aliphatic heterocycles. The third kappa shape index (κ3) is 4.59. The fourth-order valence-electron chi connectivity index (χ4n) is 1.72. The molecule has 0 saturated heterocycles. The second-order valence-corrected chi connectivity index (χ2v) is 6.10. The number of hydrogen-bond donors (Lipinski definition) is 1. The minimum absolute atomic E-state index is 0.0720. The zero-order chi connectivity index (χ0) is 12.9. The van der Waals surface area contributed by atoms with Crippen LogP contribution in [0.5, 0.6) is 0 Å². The van der Waals surface area contributed by atoms with Crippen LogP contribution in [0.25, 0.3) is 0 Å². The molecule has 98 valence electrons. The van der Waals surface area contributed by atoms with E-state index in [9.17, 15) is 0 Å². The molecule has 17 heavy (non-hydrogen) atoms. The number of methoxy groups -OCH3 is 1. The molecular formula is C13H22ClNOS. The smallest absolute Gasteiger partial charge is 0.0623 e. The van der Waals surface area contributed by atoms with Crippen LogP contribution in [-0.2, 0) is 4.74 Å². The maximum Gasteiger partial charge on any atom is 0.0623 e. The third-order valence-corrected chi connectivity index (χ3v) is 4.47. The second-order valence-electron chi connectivity index (χ2n) is 4.75. The molecule has 0 bridgehead atoms. The van der Waals surface area contributed by atoms with Crippen LogP contribution in [-0.4, -0.2) is 19.3 Å². The van der Waals surface area contributed by atoms with Gasteiger partial charge < -0.3 is 10.1 Å². The first-order valence-corrected chi connectivity index (χ1v) is 7.27. The van der Waals surface area contributed by atoms with E-state index in [2.05, 4.69) is 26.1 Å². The van der Waals surface area contributed by atoms with Crippen molar-refractivity contribution in [3.8, 4) is 0 Å². The SMILES string of the molecule is CCNC(CCC(C)(C)OC)c1sccc1Cl. The average molecular weight is 276 g/mol. The van der Waals surface area contributed by atoms with Crippen molar-refractivity contribution in [2.24, 2.45) is 0 Å². The summed E-state index contributed by atoms with van der Waals surface area (Å²) in [6.45, 7) is 7.31. The third-order valence-electron chi connectivity index (χ3n) is 3.00. The molecule has 1 atom stereocenters. The van der Waals surface area contributed by atoms with Gasteiger partial charge in [0.15, 0.2) is 0 Å².